The van der Waals surface area contributed by atoms with Crippen LogP contribution in [0.25, 0.3) is 0 Å². The molecular weight excluding hydrogens is 424 g/mol. The van der Waals surface area contributed by atoms with Crippen LogP contribution in [0.15, 0.2) is 23.1 Å². The molecule has 0 bridgehead atoms. The van der Waals surface area contributed by atoms with Gasteiger partial charge in [-0.15, -0.1) is 0 Å². The van der Waals surface area contributed by atoms with Crippen molar-refractivity contribution in [3.63, 3.8) is 0 Å². The van der Waals surface area contributed by atoms with Crippen LogP contribution in [-0.2, 0) is 19.6 Å². The molecule has 1 unspecified atom stereocenters. The first-order valence-corrected chi connectivity index (χ1v) is 11.9. The molecule has 1 atom stereocenters. The number of hydrogen-bond donors (Lipinski definition) is 1. The average molecular weight is 455 g/mol. The summed E-state index contributed by atoms with van der Waals surface area (Å²) in [5, 5.41) is 11.8. The summed E-state index contributed by atoms with van der Waals surface area (Å²) in [5.74, 6) is -0.207. The zero-order valence-electron chi connectivity index (χ0n) is 18.2. The Hall–Kier alpha value is -2.24. The van der Waals surface area contributed by atoms with E-state index in [1.54, 1.807) is 25.7 Å². The molecule has 11 heteroatoms. The fourth-order valence-corrected chi connectivity index (χ4v) is 5.42. The van der Waals surface area contributed by atoms with Crippen molar-refractivity contribution in [2.24, 2.45) is 5.92 Å². The van der Waals surface area contributed by atoms with Crippen LogP contribution < -0.4 is 9.62 Å². The van der Waals surface area contributed by atoms with Gasteiger partial charge in [0.15, 0.2) is 0 Å². The van der Waals surface area contributed by atoms with Crippen molar-refractivity contribution in [1.82, 2.24) is 9.62 Å². The fraction of sp³-hybridized carbons (Fsp3) is 0.650. The van der Waals surface area contributed by atoms with Crippen molar-refractivity contribution < 1.29 is 22.9 Å². The lowest BCUT2D eigenvalue weighted by Crippen LogP contribution is -2.48. The van der Waals surface area contributed by atoms with Crippen molar-refractivity contribution in [3.05, 3.63) is 28.3 Å². The topological polar surface area (TPSA) is 122 Å². The largest absolute Gasteiger partial charge is 0.378 e. The molecule has 1 amide bonds. The number of benzene rings is 1. The van der Waals surface area contributed by atoms with E-state index in [4.69, 9.17) is 4.74 Å². The van der Waals surface area contributed by atoms with Crippen LogP contribution in [0.1, 0.15) is 33.6 Å². The number of piperidine rings is 1. The van der Waals surface area contributed by atoms with Crippen LogP contribution >= 0.6 is 0 Å². The summed E-state index contributed by atoms with van der Waals surface area (Å²) < 4.78 is 33.1. The second-order valence-electron chi connectivity index (χ2n) is 8.99. The minimum atomic E-state index is -3.91. The molecule has 31 heavy (non-hydrogen) atoms. The lowest BCUT2D eigenvalue weighted by atomic mass is 9.95. The molecule has 2 aliphatic rings. The molecule has 172 valence electrons. The second kappa shape index (κ2) is 9.09. The van der Waals surface area contributed by atoms with E-state index < -0.39 is 20.5 Å². The first kappa shape index (κ1) is 23.4. The van der Waals surface area contributed by atoms with Crippen molar-refractivity contribution in [1.29, 1.82) is 0 Å². The van der Waals surface area contributed by atoms with E-state index in [1.807, 2.05) is 4.90 Å². The van der Waals surface area contributed by atoms with Crippen LogP contribution in [0.2, 0.25) is 0 Å². The van der Waals surface area contributed by atoms with Crippen molar-refractivity contribution >= 4 is 27.3 Å². The van der Waals surface area contributed by atoms with Gasteiger partial charge in [0.25, 0.3) is 5.69 Å². The summed E-state index contributed by atoms with van der Waals surface area (Å²) in [6.45, 7) is 8.19. The quantitative estimate of drug-likeness (QED) is 0.531. The summed E-state index contributed by atoms with van der Waals surface area (Å²) >= 11 is 0. The predicted octanol–water partition coefficient (Wildman–Crippen LogP) is 1.75. The third-order valence-electron chi connectivity index (χ3n) is 5.33. The number of nitro benzene ring substituents is 1. The van der Waals surface area contributed by atoms with Crippen molar-refractivity contribution in [3.8, 4) is 0 Å². The highest BCUT2D eigenvalue weighted by Crippen LogP contribution is 2.34. The predicted molar refractivity (Wildman–Crippen MR) is 116 cm³/mol. The number of anilines is 1. The maximum Gasteiger partial charge on any atom is 0.293 e. The summed E-state index contributed by atoms with van der Waals surface area (Å²) in [4.78, 5) is 27.5. The van der Waals surface area contributed by atoms with Gasteiger partial charge in [0.1, 0.15) is 5.69 Å². The maximum atomic E-state index is 12.9. The Kier molecular flexibility index (Phi) is 6.87. The van der Waals surface area contributed by atoms with Gasteiger partial charge in [0, 0.05) is 37.8 Å². The summed E-state index contributed by atoms with van der Waals surface area (Å²) in [6, 6.07) is 3.94. The average Bonchev–Trinajstić information content (AvgIpc) is 2.71. The molecule has 2 heterocycles. The van der Waals surface area contributed by atoms with Crippen molar-refractivity contribution in [2.45, 2.75) is 44.0 Å². The molecule has 1 aromatic carbocycles. The third-order valence-corrected chi connectivity index (χ3v) is 7.08. The maximum absolute atomic E-state index is 12.9. The van der Waals surface area contributed by atoms with Crippen LogP contribution in [0.3, 0.4) is 0 Å². The lowest BCUT2D eigenvalue weighted by Gasteiger charge is -2.37. The molecule has 0 radical (unpaired) electrons. The zero-order chi connectivity index (χ0) is 22.8. The third kappa shape index (κ3) is 5.72. The van der Waals surface area contributed by atoms with Crippen LogP contribution in [0, 0.1) is 16.0 Å². The van der Waals surface area contributed by atoms with E-state index >= 15 is 0 Å². The van der Waals surface area contributed by atoms with Crippen molar-refractivity contribution in [2.75, 3.05) is 44.3 Å². The van der Waals surface area contributed by atoms with E-state index in [9.17, 15) is 23.3 Å². The van der Waals surface area contributed by atoms with Gasteiger partial charge >= 0.3 is 0 Å². The van der Waals surface area contributed by atoms with E-state index in [1.165, 1.54) is 12.1 Å². The molecule has 1 aromatic rings. The molecule has 0 aromatic heterocycles. The zero-order valence-corrected chi connectivity index (χ0v) is 19.0. The fourth-order valence-electron chi connectivity index (χ4n) is 3.99. The van der Waals surface area contributed by atoms with Crippen LogP contribution in [0.4, 0.5) is 11.4 Å². The van der Waals surface area contributed by atoms with E-state index in [2.05, 4.69) is 4.72 Å². The molecule has 0 saturated carbocycles. The Labute approximate surface area is 182 Å². The summed E-state index contributed by atoms with van der Waals surface area (Å²) in [5.41, 5.74) is -0.665. The Morgan fingerprint density at radius 1 is 1.23 bits per heavy atom. The monoisotopic (exact) mass is 454 g/mol. The minimum Gasteiger partial charge on any atom is -0.378 e. The number of carbonyl (C=O) groups is 1. The van der Waals surface area contributed by atoms with Gasteiger partial charge in [-0.1, -0.05) is 0 Å². The number of nitrogens with zero attached hydrogens (tertiary/aromatic N) is 3. The Morgan fingerprint density at radius 3 is 2.52 bits per heavy atom. The van der Waals surface area contributed by atoms with Crippen LogP contribution in [0.5, 0.6) is 0 Å². The van der Waals surface area contributed by atoms with Gasteiger partial charge in [0.05, 0.1) is 29.0 Å². The highest BCUT2D eigenvalue weighted by molar-refractivity contribution is 7.89. The highest BCUT2D eigenvalue weighted by atomic mass is 32.2. The standard InChI is InChI=1S/C20H30N4O6S/c1-20(2,3)21-31(28,29)16-6-7-17(18(13-16)24(26)27)23-8-4-5-15(14-23)19(25)22-9-11-30-12-10-22/h6-7,13,15,21H,4-5,8-12,14H2,1-3H3. The van der Waals surface area contributed by atoms with E-state index in [0.29, 0.717) is 45.1 Å². The Bertz CT molecular complexity index is 937. The number of rotatable bonds is 5. The van der Waals surface area contributed by atoms with Gasteiger partial charge < -0.3 is 14.5 Å². The number of carbonyl (C=O) groups excluding carboxylic acids is 1. The Balaban J connectivity index is 1.84. The molecule has 2 aliphatic heterocycles. The number of amides is 1. The molecule has 0 aliphatic carbocycles. The molecule has 2 saturated heterocycles. The van der Waals surface area contributed by atoms with Gasteiger partial charge in [-0.25, -0.2) is 13.1 Å². The van der Waals surface area contributed by atoms with Gasteiger partial charge in [-0.3, -0.25) is 14.9 Å². The summed E-state index contributed by atoms with van der Waals surface area (Å²) in [7, 11) is -3.91. The minimum absolute atomic E-state index is 0.0456. The number of hydrogen-bond acceptors (Lipinski definition) is 7. The molecule has 3 rings (SSSR count). The first-order valence-electron chi connectivity index (χ1n) is 10.4. The smallest absolute Gasteiger partial charge is 0.293 e. The number of nitro groups is 1. The number of nitrogens with one attached hydrogen (secondary N) is 1. The summed E-state index contributed by atoms with van der Waals surface area (Å²) in [6.07, 6.45) is 1.45. The normalized spacial score (nSPS) is 20.5. The second-order valence-corrected chi connectivity index (χ2v) is 10.7. The van der Waals surface area contributed by atoms with E-state index in [0.717, 1.165) is 18.9 Å². The molecule has 1 N–H and O–H groups in total. The van der Waals surface area contributed by atoms with E-state index in [-0.39, 0.29) is 22.4 Å². The molecular formula is C20H30N4O6S. The Morgan fingerprint density at radius 2 is 1.90 bits per heavy atom. The van der Waals surface area contributed by atoms with Crippen LogP contribution in [-0.4, -0.2) is 69.1 Å². The highest BCUT2D eigenvalue weighted by Gasteiger charge is 2.33. The number of sulfonamides is 1. The molecule has 0 spiro atoms. The number of morpholine rings is 1. The first-order chi connectivity index (χ1) is 14.5. The molecule has 10 nitrogen and oxygen atoms in total. The van der Waals surface area contributed by atoms with Gasteiger partial charge in [0.2, 0.25) is 15.9 Å². The molecule has 2 fully saturated rings. The SMILES string of the molecule is CC(C)(C)NS(=O)(=O)c1ccc(N2CCCC(C(=O)N3CCOCC3)C2)c([N+](=O)[O-])c1. The van der Waals surface area contributed by atoms with Gasteiger partial charge in [-0.05, 0) is 45.7 Å². The van der Waals surface area contributed by atoms with Gasteiger partial charge in [-0.2, -0.15) is 0 Å². The number of ether oxygens (including phenoxy) is 1. The lowest BCUT2D eigenvalue weighted by molar-refractivity contribution is -0.384.